The number of nitrogens with zero attached hydrogens (tertiary/aromatic N) is 1. The first-order chi connectivity index (χ1) is 9.42. The van der Waals surface area contributed by atoms with E-state index in [-0.39, 0.29) is 4.90 Å². The van der Waals surface area contributed by atoms with Crippen molar-refractivity contribution in [3.63, 3.8) is 0 Å². The van der Waals surface area contributed by atoms with Crippen LogP contribution in [0.2, 0.25) is 0 Å². The molecule has 2 rings (SSSR count). The number of rotatable bonds is 4. The Morgan fingerprint density at radius 3 is 2.30 bits per heavy atom. The fourth-order valence-corrected chi connectivity index (χ4v) is 2.92. The normalized spacial score (nSPS) is 11.3. The van der Waals surface area contributed by atoms with Crippen molar-refractivity contribution in [2.24, 2.45) is 5.73 Å². The summed E-state index contributed by atoms with van der Waals surface area (Å²) in [5.74, 6) is 0. The van der Waals surface area contributed by atoms with Crippen molar-refractivity contribution in [1.82, 2.24) is 4.98 Å². The number of pyridine rings is 1. The Morgan fingerprint density at radius 2 is 1.75 bits per heavy atom. The second-order valence-electron chi connectivity index (χ2n) is 4.54. The maximum Gasteiger partial charge on any atom is 0.261 e. The van der Waals surface area contributed by atoms with E-state index in [1.165, 1.54) is 0 Å². The minimum atomic E-state index is -3.60. The zero-order valence-electron chi connectivity index (χ0n) is 11.4. The molecule has 1 aromatic heterocycles. The lowest BCUT2D eigenvalue weighted by Gasteiger charge is -2.10. The summed E-state index contributed by atoms with van der Waals surface area (Å²) < 4.78 is 27.1. The van der Waals surface area contributed by atoms with Gasteiger partial charge in [0.25, 0.3) is 10.0 Å². The number of hydrogen-bond acceptors (Lipinski definition) is 4. The summed E-state index contributed by atoms with van der Waals surface area (Å²) in [4.78, 5) is 4.44. The van der Waals surface area contributed by atoms with Crippen LogP contribution in [0, 0.1) is 13.8 Å². The van der Waals surface area contributed by atoms with E-state index in [1.807, 2.05) is 6.92 Å². The van der Waals surface area contributed by atoms with Crippen molar-refractivity contribution in [1.29, 1.82) is 0 Å². The third-order valence-electron chi connectivity index (χ3n) is 2.94. The highest BCUT2D eigenvalue weighted by molar-refractivity contribution is 7.92. The van der Waals surface area contributed by atoms with Crippen LogP contribution >= 0.6 is 0 Å². The second kappa shape index (κ2) is 5.60. The SMILES string of the molecule is Cc1ccc(NS(=O)(=O)c2ccc(CN)cc2)c(C)n1. The number of benzene rings is 1. The molecule has 0 spiro atoms. The van der Waals surface area contributed by atoms with Crippen LogP contribution in [0.5, 0.6) is 0 Å². The van der Waals surface area contributed by atoms with Crippen LogP contribution < -0.4 is 10.5 Å². The van der Waals surface area contributed by atoms with Crippen molar-refractivity contribution in [2.45, 2.75) is 25.3 Å². The van der Waals surface area contributed by atoms with Crippen molar-refractivity contribution in [3.05, 3.63) is 53.3 Å². The maximum atomic E-state index is 12.3. The van der Waals surface area contributed by atoms with E-state index in [0.29, 0.717) is 17.9 Å². The Bertz CT molecular complexity index is 710. The second-order valence-corrected chi connectivity index (χ2v) is 6.22. The van der Waals surface area contributed by atoms with E-state index >= 15 is 0 Å². The number of anilines is 1. The van der Waals surface area contributed by atoms with Crippen LogP contribution in [0.4, 0.5) is 5.69 Å². The molecule has 20 heavy (non-hydrogen) atoms. The summed E-state index contributed by atoms with van der Waals surface area (Å²) in [6.07, 6.45) is 0. The third kappa shape index (κ3) is 3.15. The molecule has 0 saturated heterocycles. The van der Waals surface area contributed by atoms with Gasteiger partial charge in [-0.2, -0.15) is 0 Å². The Morgan fingerprint density at radius 1 is 1.10 bits per heavy atom. The summed E-state index contributed by atoms with van der Waals surface area (Å²) in [5, 5.41) is 0. The summed E-state index contributed by atoms with van der Waals surface area (Å²) in [7, 11) is -3.60. The molecule has 0 saturated carbocycles. The minimum Gasteiger partial charge on any atom is -0.326 e. The number of aromatic nitrogens is 1. The maximum absolute atomic E-state index is 12.3. The van der Waals surface area contributed by atoms with Gasteiger partial charge in [0.05, 0.1) is 16.3 Å². The van der Waals surface area contributed by atoms with E-state index < -0.39 is 10.0 Å². The van der Waals surface area contributed by atoms with Gasteiger partial charge in [0.1, 0.15) is 0 Å². The molecule has 3 N–H and O–H groups in total. The lowest BCUT2D eigenvalue weighted by Crippen LogP contribution is -2.14. The molecule has 2 aromatic rings. The van der Waals surface area contributed by atoms with Crippen LogP contribution in [-0.2, 0) is 16.6 Å². The monoisotopic (exact) mass is 291 g/mol. The van der Waals surface area contributed by atoms with Gasteiger partial charge in [0.2, 0.25) is 0 Å². The smallest absolute Gasteiger partial charge is 0.261 e. The molecular weight excluding hydrogens is 274 g/mol. The zero-order valence-corrected chi connectivity index (χ0v) is 12.2. The largest absolute Gasteiger partial charge is 0.326 e. The molecule has 106 valence electrons. The van der Waals surface area contributed by atoms with Gasteiger partial charge in [-0.15, -0.1) is 0 Å². The molecule has 6 heteroatoms. The summed E-state index contributed by atoms with van der Waals surface area (Å²) in [5.41, 5.74) is 8.35. The molecular formula is C14H17N3O2S. The summed E-state index contributed by atoms with van der Waals surface area (Å²) in [6, 6.07) is 9.97. The molecule has 0 unspecified atom stereocenters. The number of nitrogens with two attached hydrogens (primary N) is 1. The van der Waals surface area contributed by atoms with Crippen molar-refractivity contribution in [3.8, 4) is 0 Å². The summed E-state index contributed by atoms with van der Waals surface area (Å²) >= 11 is 0. The van der Waals surface area contributed by atoms with Crippen LogP contribution in [0.25, 0.3) is 0 Å². The third-order valence-corrected chi connectivity index (χ3v) is 4.32. The molecule has 0 aliphatic rings. The molecule has 0 amide bonds. The average molecular weight is 291 g/mol. The van der Waals surface area contributed by atoms with Gasteiger partial charge < -0.3 is 5.73 Å². The highest BCUT2D eigenvalue weighted by atomic mass is 32.2. The van der Waals surface area contributed by atoms with Gasteiger partial charge in [-0.3, -0.25) is 9.71 Å². The fourth-order valence-electron chi connectivity index (χ4n) is 1.80. The first-order valence-corrected chi connectivity index (χ1v) is 7.67. The van der Waals surface area contributed by atoms with E-state index in [0.717, 1.165) is 11.3 Å². The molecule has 0 aliphatic carbocycles. The Balaban J connectivity index is 2.30. The molecule has 0 radical (unpaired) electrons. The highest BCUT2D eigenvalue weighted by Gasteiger charge is 2.15. The van der Waals surface area contributed by atoms with Crippen LogP contribution in [0.15, 0.2) is 41.3 Å². The Labute approximate surface area is 118 Å². The van der Waals surface area contributed by atoms with E-state index in [2.05, 4.69) is 9.71 Å². The van der Waals surface area contributed by atoms with Crippen LogP contribution in [0.1, 0.15) is 17.0 Å². The zero-order chi connectivity index (χ0) is 14.8. The molecule has 0 atom stereocenters. The first-order valence-electron chi connectivity index (χ1n) is 6.18. The Hall–Kier alpha value is -1.92. The topological polar surface area (TPSA) is 85.1 Å². The highest BCUT2D eigenvalue weighted by Crippen LogP contribution is 2.19. The van der Waals surface area contributed by atoms with Crippen LogP contribution in [0.3, 0.4) is 0 Å². The van der Waals surface area contributed by atoms with Gasteiger partial charge in [0, 0.05) is 12.2 Å². The van der Waals surface area contributed by atoms with Gasteiger partial charge in [0.15, 0.2) is 0 Å². The predicted molar refractivity (Wildman–Crippen MR) is 78.9 cm³/mol. The lowest BCUT2D eigenvalue weighted by atomic mass is 10.2. The quantitative estimate of drug-likeness (QED) is 0.901. The standard InChI is InChI=1S/C14H17N3O2S/c1-10-3-8-14(11(2)16-10)17-20(18,19)13-6-4-12(9-15)5-7-13/h3-8,17H,9,15H2,1-2H3. The number of hydrogen-bond donors (Lipinski definition) is 2. The van der Waals surface area contributed by atoms with Crippen molar-refractivity contribution >= 4 is 15.7 Å². The van der Waals surface area contributed by atoms with Crippen molar-refractivity contribution in [2.75, 3.05) is 4.72 Å². The number of aryl methyl sites for hydroxylation is 2. The van der Waals surface area contributed by atoms with E-state index in [1.54, 1.807) is 43.3 Å². The van der Waals surface area contributed by atoms with Crippen LogP contribution in [-0.4, -0.2) is 13.4 Å². The van der Waals surface area contributed by atoms with Gasteiger partial charge in [-0.05, 0) is 43.7 Å². The van der Waals surface area contributed by atoms with Gasteiger partial charge in [-0.1, -0.05) is 12.1 Å². The summed E-state index contributed by atoms with van der Waals surface area (Å²) in [6.45, 7) is 4.01. The van der Waals surface area contributed by atoms with Crippen molar-refractivity contribution < 1.29 is 8.42 Å². The molecule has 0 bridgehead atoms. The van der Waals surface area contributed by atoms with E-state index in [4.69, 9.17) is 5.73 Å². The molecule has 1 aromatic carbocycles. The molecule has 0 fully saturated rings. The Kier molecular flexibility index (Phi) is 4.06. The molecule has 1 heterocycles. The first kappa shape index (κ1) is 14.5. The van der Waals surface area contributed by atoms with E-state index in [9.17, 15) is 8.42 Å². The lowest BCUT2D eigenvalue weighted by molar-refractivity contribution is 0.601. The fraction of sp³-hybridized carbons (Fsp3) is 0.214. The minimum absolute atomic E-state index is 0.203. The predicted octanol–water partition coefficient (Wildman–Crippen LogP) is 1.96. The number of sulfonamides is 1. The van der Waals surface area contributed by atoms with Gasteiger partial charge >= 0.3 is 0 Å². The number of nitrogens with one attached hydrogen (secondary N) is 1. The average Bonchev–Trinajstić information content (AvgIpc) is 2.42. The molecule has 5 nitrogen and oxygen atoms in total. The van der Waals surface area contributed by atoms with Gasteiger partial charge in [-0.25, -0.2) is 8.42 Å². The molecule has 0 aliphatic heterocycles.